The summed E-state index contributed by atoms with van der Waals surface area (Å²) < 4.78 is 18.0. The quantitative estimate of drug-likeness (QED) is 0.458. The van der Waals surface area contributed by atoms with Crippen LogP contribution in [0.1, 0.15) is 59.8 Å². The summed E-state index contributed by atoms with van der Waals surface area (Å²) in [6, 6.07) is 0. The van der Waals surface area contributed by atoms with Crippen molar-refractivity contribution in [3.05, 3.63) is 12.7 Å². The third kappa shape index (κ3) is 6.35. The number of hydrogen-bond acceptors (Lipinski definition) is 4. The molecule has 0 aromatic rings. The Morgan fingerprint density at radius 2 is 1.96 bits per heavy atom. The number of rotatable bonds is 9. The monoisotopic (exact) mass is 353 g/mol. The van der Waals surface area contributed by atoms with Crippen LogP contribution in [-0.4, -0.2) is 56.2 Å². The van der Waals surface area contributed by atoms with Crippen LogP contribution in [0, 0.1) is 11.3 Å². The highest BCUT2D eigenvalue weighted by atomic mass is 16.7. The van der Waals surface area contributed by atoms with Crippen LogP contribution >= 0.6 is 0 Å². The fourth-order valence-electron chi connectivity index (χ4n) is 4.09. The van der Waals surface area contributed by atoms with Gasteiger partial charge in [-0.15, -0.1) is 6.58 Å². The Kier molecular flexibility index (Phi) is 7.93. The van der Waals surface area contributed by atoms with E-state index in [1.165, 1.54) is 12.8 Å². The van der Waals surface area contributed by atoms with Crippen LogP contribution in [0.25, 0.3) is 0 Å². The van der Waals surface area contributed by atoms with Gasteiger partial charge in [0.2, 0.25) is 0 Å². The molecule has 0 aromatic heterocycles. The molecule has 25 heavy (non-hydrogen) atoms. The normalized spacial score (nSPS) is 30.3. The summed E-state index contributed by atoms with van der Waals surface area (Å²) >= 11 is 0. The smallest absolute Gasteiger partial charge is 0.168 e. The standard InChI is InChI=1S/C21H39NO3/c1-6-13-22(15-16-23-7-2)14-10-19-17-24-21(25-19)11-8-18(9-12-21)20(3,4)5/h6,18-19H,1,7-17H2,2-5H3. The van der Waals surface area contributed by atoms with E-state index in [2.05, 4.69) is 32.3 Å². The van der Waals surface area contributed by atoms with Gasteiger partial charge in [0.25, 0.3) is 0 Å². The van der Waals surface area contributed by atoms with Crippen LogP contribution in [0.4, 0.5) is 0 Å². The van der Waals surface area contributed by atoms with Crippen molar-refractivity contribution in [1.82, 2.24) is 4.90 Å². The number of nitrogens with zero attached hydrogens (tertiary/aromatic N) is 1. The summed E-state index contributed by atoms with van der Waals surface area (Å²) in [5.74, 6) is 0.493. The van der Waals surface area contributed by atoms with E-state index in [1.807, 2.05) is 13.0 Å². The summed E-state index contributed by atoms with van der Waals surface area (Å²) in [5, 5.41) is 0. The molecule has 1 aliphatic carbocycles. The lowest BCUT2D eigenvalue weighted by Crippen LogP contribution is -2.39. The van der Waals surface area contributed by atoms with Gasteiger partial charge >= 0.3 is 0 Å². The molecule has 2 aliphatic rings. The summed E-state index contributed by atoms with van der Waals surface area (Å²) in [6.45, 7) is 18.1. The van der Waals surface area contributed by atoms with E-state index in [0.717, 1.165) is 64.6 Å². The van der Waals surface area contributed by atoms with Crippen LogP contribution in [0.2, 0.25) is 0 Å². The van der Waals surface area contributed by atoms with Crippen molar-refractivity contribution in [3.63, 3.8) is 0 Å². The van der Waals surface area contributed by atoms with Gasteiger partial charge in [0.15, 0.2) is 5.79 Å². The van der Waals surface area contributed by atoms with Gasteiger partial charge in [-0.05, 0) is 37.5 Å². The number of hydrogen-bond donors (Lipinski definition) is 0. The van der Waals surface area contributed by atoms with E-state index >= 15 is 0 Å². The number of ether oxygens (including phenoxy) is 3. The Balaban J connectivity index is 1.74. The van der Waals surface area contributed by atoms with Gasteiger partial charge in [0.05, 0.1) is 19.3 Å². The molecule has 0 amide bonds. The summed E-state index contributed by atoms with van der Waals surface area (Å²) in [6.07, 6.45) is 7.74. The molecule has 0 N–H and O–H groups in total. The molecule has 4 nitrogen and oxygen atoms in total. The molecule has 0 radical (unpaired) electrons. The molecule has 0 bridgehead atoms. The van der Waals surface area contributed by atoms with Crippen molar-refractivity contribution < 1.29 is 14.2 Å². The van der Waals surface area contributed by atoms with E-state index in [0.29, 0.717) is 5.41 Å². The highest BCUT2D eigenvalue weighted by molar-refractivity contribution is 4.89. The molecule has 1 unspecified atom stereocenters. The maximum Gasteiger partial charge on any atom is 0.168 e. The molecule has 1 saturated carbocycles. The van der Waals surface area contributed by atoms with Crippen molar-refractivity contribution >= 4 is 0 Å². The van der Waals surface area contributed by atoms with Crippen LogP contribution in [0.3, 0.4) is 0 Å². The van der Waals surface area contributed by atoms with E-state index in [9.17, 15) is 0 Å². The van der Waals surface area contributed by atoms with Crippen molar-refractivity contribution in [1.29, 1.82) is 0 Å². The summed E-state index contributed by atoms with van der Waals surface area (Å²) in [5.41, 5.74) is 0.394. The second-order valence-corrected chi connectivity index (χ2v) is 8.68. The molecular weight excluding hydrogens is 314 g/mol. The summed E-state index contributed by atoms with van der Waals surface area (Å²) in [4.78, 5) is 2.38. The van der Waals surface area contributed by atoms with Crippen LogP contribution < -0.4 is 0 Å². The minimum Gasteiger partial charge on any atom is -0.380 e. The molecule has 1 saturated heterocycles. The molecule has 1 atom stereocenters. The Morgan fingerprint density at radius 3 is 2.56 bits per heavy atom. The Bertz CT molecular complexity index is 396. The van der Waals surface area contributed by atoms with Gasteiger partial charge in [-0.25, -0.2) is 0 Å². The van der Waals surface area contributed by atoms with E-state index in [1.54, 1.807) is 0 Å². The van der Waals surface area contributed by atoms with Crippen LogP contribution in [0.15, 0.2) is 12.7 Å². The Morgan fingerprint density at radius 1 is 1.24 bits per heavy atom. The minimum absolute atomic E-state index is 0.227. The van der Waals surface area contributed by atoms with Crippen LogP contribution in [-0.2, 0) is 14.2 Å². The van der Waals surface area contributed by atoms with Crippen LogP contribution in [0.5, 0.6) is 0 Å². The van der Waals surface area contributed by atoms with Gasteiger partial charge in [0.1, 0.15) is 0 Å². The fraction of sp³-hybridized carbons (Fsp3) is 0.905. The third-order valence-corrected chi connectivity index (χ3v) is 5.80. The second kappa shape index (κ2) is 9.50. The van der Waals surface area contributed by atoms with Gasteiger partial charge in [0, 0.05) is 39.1 Å². The largest absolute Gasteiger partial charge is 0.380 e. The molecule has 2 fully saturated rings. The minimum atomic E-state index is -0.291. The highest BCUT2D eigenvalue weighted by Crippen LogP contribution is 2.45. The summed E-state index contributed by atoms with van der Waals surface area (Å²) in [7, 11) is 0. The molecule has 146 valence electrons. The zero-order valence-corrected chi connectivity index (χ0v) is 16.9. The predicted octanol–water partition coefficient (Wildman–Crippen LogP) is 4.25. The predicted molar refractivity (Wildman–Crippen MR) is 103 cm³/mol. The fourth-order valence-corrected chi connectivity index (χ4v) is 4.09. The lowest BCUT2D eigenvalue weighted by Gasteiger charge is -2.41. The van der Waals surface area contributed by atoms with Gasteiger partial charge in [-0.2, -0.15) is 0 Å². The first-order chi connectivity index (χ1) is 11.9. The molecule has 4 heteroatoms. The SMILES string of the molecule is C=CCN(CCOCC)CCC1COC2(CCC(C(C)(C)C)CC2)O1. The average Bonchev–Trinajstić information content (AvgIpc) is 2.95. The van der Waals surface area contributed by atoms with E-state index < -0.39 is 0 Å². The second-order valence-electron chi connectivity index (χ2n) is 8.68. The van der Waals surface area contributed by atoms with Gasteiger partial charge in [-0.3, -0.25) is 4.90 Å². The molecule has 1 spiro atoms. The zero-order valence-electron chi connectivity index (χ0n) is 16.9. The topological polar surface area (TPSA) is 30.9 Å². The first-order valence-corrected chi connectivity index (χ1v) is 10.1. The van der Waals surface area contributed by atoms with Gasteiger partial charge < -0.3 is 14.2 Å². The van der Waals surface area contributed by atoms with Crippen molar-refractivity contribution in [2.45, 2.75) is 71.7 Å². The molecular formula is C21H39NO3. The first kappa shape index (κ1) is 20.9. The lowest BCUT2D eigenvalue weighted by atomic mass is 9.71. The van der Waals surface area contributed by atoms with E-state index in [4.69, 9.17) is 14.2 Å². The zero-order chi connectivity index (χ0) is 18.3. The Labute approximate surface area is 154 Å². The average molecular weight is 354 g/mol. The van der Waals surface area contributed by atoms with Crippen molar-refractivity contribution in [2.24, 2.45) is 11.3 Å². The lowest BCUT2D eigenvalue weighted by molar-refractivity contribution is -0.197. The van der Waals surface area contributed by atoms with Crippen molar-refractivity contribution in [3.8, 4) is 0 Å². The van der Waals surface area contributed by atoms with E-state index in [-0.39, 0.29) is 11.9 Å². The third-order valence-electron chi connectivity index (χ3n) is 5.80. The highest BCUT2D eigenvalue weighted by Gasteiger charge is 2.45. The van der Waals surface area contributed by atoms with Crippen molar-refractivity contribution in [2.75, 3.05) is 39.5 Å². The first-order valence-electron chi connectivity index (χ1n) is 10.1. The molecule has 1 heterocycles. The molecule has 2 rings (SSSR count). The molecule has 1 aliphatic heterocycles. The molecule has 0 aromatic carbocycles. The van der Waals surface area contributed by atoms with Gasteiger partial charge in [-0.1, -0.05) is 26.8 Å². The maximum atomic E-state index is 6.40. The Hall–Kier alpha value is -0.420. The maximum absolute atomic E-state index is 6.40.